The first kappa shape index (κ1) is 18.8. The lowest BCUT2D eigenvalue weighted by molar-refractivity contribution is 0.0221. The van der Waals surface area contributed by atoms with E-state index in [2.05, 4.69) is 23.4 Å². The molecule has 0 aromatic carbocycles. The molecule has 1 aromatic heterocycles. The summed E-state index contributed by atoms with van der Waals surface area (Å²) in [7, 11) is 0. The van der Waals surface area contributed by atoms with Gasteiger partial charge in [0.05, 0.1) is 12.2 Å². The Morgan fingerprint density at radius 2 is 1.96 bits per heavy atom. The largest absolute Gasteiger partial charge is 0.444 e. The van der Waals surface area contributed by atoms with Crippen LogP contribution in [0.1, 0.15) is 42.5 Å². The van der Waals surface area contributed by atoms with Gasteiger partial charge in [0.15, 0.2) is 5.69 Å². The Labute approximate surface area is 148 Å². The van der Waals surface area contributed by atoms with Crippen LogP contribution in [0.4, 0.5) is 4.79 Å². The van der Waals surface area contributed by atoms with Crippen LogP contribution >= 0.6 is 0 Å². The summed E-state index contributed by atoms with van der Waals surface area (Å²) in [4.78, 5) is 28.2. The van der Waals surface area contributed by atoms with Crippen LogP contribution in [0, 0.1) is 0 Å². The first-order chi connectivity index (χ1) is 11.8. The number of H-pyrrole nitrogens is 1. The second-order valence-corrected chi connectivity index (χ2v) is 6.97. The van der Waals surface area contributed by atoms with Crippen molar-refractivity contribution < 1.29 is 14.3 Å². The minimum absolute atomic E-state index is 0.164. The van der Waals surface area contributed by atoms with Gasteiger partial charge in [0.1, 0.15) is 5.60 Å². The number of amides is 2. The SMILES string of the molecule is C=CCN(CC=C)C(=O)c1n[nH]c2c1CCN(C(=O)OC(C)(C)C)C2. The van der Waals surface area contributed by atoms with Crippen LogP contribution < -0.4 is 0 Å². The predicted molar refractivity (Wildman–Crippen MR) is 95.2 cm³/mol. The zero-order valence-electron chi connectivity index (χ0n) is 15.2. The molecule has 0 saturated carbocycles. The third-order valence-electron chi connectivity index (χ3n) is 3.77. The van der Waals surface area contributed by atoms with Gasteiger partial charge in [0.25, 0.3) is 5.91 Å². The summed E-state index contributed by atoms with van der Waals surface area (Å²) >= 11 is 0. The number of carbonyl (C=O) groups excluding carboxylic acids is 2. The Kier molecular flexibility index (Phi) is 5.66. The summed E-state index contributed by atoms with van der Waals surface area (Å²) < 4.78 is 5.40. The van der Waals surface area contributed by atoms with Crippen molar-refractivity contribution in [2.24, 2.45) is 0 Å². The van der Waals surface area contributed by atoms with Crippen LogP contribution in [0.5, 0.6) is 0 Å². The third kappa shape index (κ3) is 4.49. The van der Waals surface area contributed by atoms with Gasteiger partial charge < -0.3 is 14.5 Å². The molecule has 7 nitrogen and oxygen atoms in total. The first-order valence-corrected chi connectivity index (χ1v) is 8.32. The summed E-state index contributed by atoms with van der Waals surface area (Å²) in [6.07, 6.45) is 3.54. The molecule has 1 N–H and O–H groups in total. The fraction of sp³-hybridized carbons (Fsp3) is 0.500. The second kappa shape index (κ2) is 7.55. The number of nitrogens with one attached hydrogen (secondary N) is 1. The number of fused-ring (bicyclic) bond motifs is 1. The van der Waals surface area contributed by atoms with Crippen LogP contribution in [-0.4, -0.2) is 57.2 Å². The number of aromatic nitrogens is 2. The number of nitrogens with zero attached hydrogens (tertiary/aromatic N) is 3. The lowest BCUT2D eigenvalue weighted by Gasteiger charge is -2.30. The molecule has 1 aromatic rings. The number of hydrogen-bond acceptors (Lipinski definition) is 4. The maximum Gasteiger partial charge on any atom is 0.410 e. The van der Waals surface area contributed by atoms with E-state index < -0.39 is 5.60 Å². The highest BCUT2D eigenvalue weighted by Crippen LogP contribution is 2.23. The molecular weight excluding hydrogens is 320 g/mol. The molecule has 7 heteroatoms. The highest BCUT2D eigenvalue weighted by atomic mass is 16.6. The number of carbonyl (C=O) groups is 2. The minimum atomic E-state index is -0.539. The van der Waals surface area contributed by atoms with Gasteiger partial charge in [-0.2, -0.15) is 5.10 Å². The van der Waals surface area contributed by atoms with Gasteiger partial charge in [0, 0.05) is 25.2 Å². The standard InChI is InChI=1S/C18H26N4O3/c1-6-9-21(10-7-2)16(23)15-13-8-11-22(12-14(13)19-20-15)17(24)25-18(3,4)5/h6-7H,1-2,8-12H2,3-5H3,(H,19,20). The summed E-state index contributed by atoms with van der Waals surface area (Å²) in [5.74, 6) is -0.164. The molecule has 25 heavy (non-hydrogen) atoms. The fourth-order valence-corrected chi connectivity index (χ4v) is 2.68. The number of ether oxygens (including phenoxy) is 1. The van der Waals surface area contributed by atoms with Gasteiger partial charge in [-0.1, -0.05) is 12.2 Å². The monoisotopic (exact) mass is 346 g/mol. The van der Waals surface area contributed by atoms with Crippen molar-refractivity contribution >= 4 is 12.0 Å². The lowest BCUT2D eigenvalue weighted by atomic mass is 10.0. The molecule has 1 aliphatic rings. The van der Waals surface area contributed by atoms with Gasteiger partial charge in [-0.3, -0.25) is 9.89 Å². The Hall–Kier alpha value is -2.57. The fourth-order valence-electron chi connectivity index (χ4n) is 2.68. The average Bonchev–Trinajstić information content (AvgIpc) is 2.95. The van der Waals surface area contributed by atoms with Gasteiger partial charge in [-0.15, -0.1) is 13.2 Å². The van der Waals surface area contributed by atoms with E-state index in [9.17, 15) is 9.59 Å². The molecule has 0 radical (unpaired) electrons. The van der Waals surface area contributed by atoms with E-state index in [1.807, 2.05) is 20.8 Å². The van der Waals surface area contributed by atoms with Crippen LogP contribution in [0.3, 0.4) is 0 Å². The predicted octanol–water partition coefficient (Wildman–Crippen LogP) is 2.52. The maximum atomic E-state index is 12.7. The Morgan fingerprint density at radius 1 is 1.32 bits per heavy atom. The van der Waals surface area contributed by atoms with E-state index in [-0.39, 0.29) is 12.0 Å². The Bertz CT molecular complexity index is 662. The first-order valence-electron chi connectivity index (χ1n) is 8.32. The molecule has 0 atom stereocenters. The maximum absolute atomic E-state index is 12.7. The minimum Gasteiger partial charge on any atom is -0.444 e. The number of hydrogen-bond donors (Lipinski definition) is 1. The van der Waals surface area contributed by atoms with Gasteiger partial charge in [0.2, 0.25) is 0 Å². The second-order valence-electron chi connectivity index (χ2n) is 6.97. The molecule has 0 aliphatic carbocycles. The van der Waals surface area contributed by atoms with Crippen molar-refractivity contribution in [1.82, 2.24) is 20.0 Å². The van der Waals surface area contributed by atoms with E-state index in [1.54, 1.807) is 22.0 Å². The van der Waals surface area contributed by atoms with E-state index in [0.717, 1.165) is 11.3 Å². The Balaban J connectivity index is 2.14. The zero-order valence-corrected chi connectivity index (χ0v) is 15.2. The Morgan fingerprint density at radius 3 is 2.52 bits per heavy atom. The van der Waals surface area contributed by atoms with Crippen molar-refractivity contribution in [1.29, 1.82) is 0 Å². The number of rotatable bonds is 5. The third-order valence-corrected chi connectivity index (χ3v) is 3.77. The van der Waals surface area contributed by atoms with Crippen LogP contribution in [0.15, 0.2) is 25.3 Å². The van der Waals surface area contributed by atoms with Crippen LogP contribution in [0.25, 0.3) is 0 Å². The molecule has 0 spiro atoms. The van der Waals surface area contributed by atoms with Crippen molar-refractivity contribution in [3.05, 3.63) is 42.3 Å². The summed E-state index contributed by atoms with van der Waals surface area (Å²) in [6.45, 7) is 14.6. The molecule has 1 aliphatic heterocycles. The van der Waals surface area contributed by atoms with Crippen molar-refractivity contribution in [2.75, 3.05) is 19.6 Å². The van der Waals surface area contributed by atoms with Crippen molar-refractivity contribution in [3.63, 3.8) is 0 Å². The van der Waals surface area contributed by atoms with Crippen molar-refractivity contribution in [3.8, 4) is 0 Å². The van der Waals surface area contributed by atoms with Gasteiger partial charge >= 0.3 is 6.09 Å². The van der Waals surface area contributed by atoms with Crippen molar-refractivity contribution in [2.45, 2.75) is 39.3 Å². The van der Waals surface area contributed by atoms with Crippen LogP contribution in [-0.2, 0) is 17.7 Å². The van der Waals surface area contributed by atoms with Gasteiger partial charge in [-0.25, -0.2) is 4.79 Å². The molecule has 0 fully saturated rings. The normalized spacial score (nSPS) is 13.8. The quantitative estimate of drug-likeness (QED) is 0.831. The molecule has 0 saturated heterocycles. The van der Waals surface area contributed by atoms with Crippen LogP contribution in [0.2, 0.25) is 0 Å². The van der Waals surface area contributed by atoms with E-state index in [4.69, 9.17) is 4.74 Å². The van der Waals surface area contributed by atoms with E-state index in [1.165, 1.54) is 0 Å². The number of aromatic amines is 1. The highest BCUT2D eigenvalue weighted by molar-refractivity contribution is 5.94. The zero-order chi connectivity index (χ0) is 18.6. The molecule has 2 amide bonds. The molecule has 0 bridgehead atoms. The highest BCUT2D eigenvalue weighted by Gasteiger charge is 2.31. The topological polar surface area (TPSA) is 78.5 Å². The molecule has 136 valence electrons. The smallest absolute Gasteiger partial charge is 0.410 e. The molecule has 2 rings (SSSR count). The summed E-state index contributed by atoms with van der Waals surface area (Å²) in [5.41, 5.74) is 1.51. The van der Waals surface area contributed by atoms with E-state index >= 15 is 0 Å². The van der Waals surface area contributed by atoms with Gasteiger partial charge in [-0.05, 0) is 27.2 Å². The molecule has 2 heterocycles. The average molecular weight is 346 g/mol. The molecule has 0 unspecified atom stereocenters. The summed E-state index contributed by atoms with van der Waals surface area (Å²) in [6, 6.07) is 0. The molecular formula is C18H26N4O3. The van der Waals surface area contributed by atoms with E-state index in [0.29, 0.717) is 38.3 Å². The summed E-state index contributed by atoms with van der Waals surface area (Å²) in [5, 5.41) is 7.08. The lowest BCUT2D eigenvalue weighted by Crippen LogP contribution is -2.40.